The Kier molecular flexibility index (Phi) is 2.22. The van der Waals surface area contributed by atoms with Crippen LogP contribution in [0.5, 0.6) is 0 Å². The zero-order valence-electron chi connectivity index (χ0n) is 7.04. The summed E-state index contributed by atoms with van der Waals surface area (Å²) in [4.78, 5) is 4.17. The van der Waals surface area contributed by atoms with Gasteiger partial charge in [0.15, 0.2) is 5.65 Å². The summed E-state index contributed by atoms with van der Waals surface area (Å²) in [6, 6.07) is 3.34. The molecule has 5 heteroatoms. The molecule has 0 saturated carbocycles. The van der Waals surface area contributed by atoms with E-state index in [4.69, 9.17) is 5.26 Å². The van der Waals surface area contributed by atoms with Gasteiger partial charge in [0.05, 0.1) is 22.7 Å². The molecule has 0 unspecified atom stereocenters. The summed E-state index contributed by atoms with van der Waals surface area (Å²) < 4.78 is 15.1. The van der Waals surface area contributed by atoms with Crippen LogP contribution in [0.4, 0.5) is 4.39 Å². The van der Waals surface area contributed by atoms with E-state index in [0.29, 0.717) is 15.8 Å². The van der Waals surface area contributed by atoms with Gasteiger partial charge in [0.2, 0.25) is 0 Å². The maximum Gasteiger partial charge on any atom is 0.151 e. The van der Waals surface area contributed by atoms with Gasteiger partial charge in [-0.1, -0.05) is 0 Å². The zero-order chi connectivity index (χ0) is 10.1. The molecule has 0 atom stereocenters. The maximum atomic E-state index is 12.9. The molecule has 14 heavy (non-hydrogen) atoms. The van der Waals surface area contributed by atoms with Gasteiger partial charge in [-0.15, -0.1) is 0 Å². The van der Waals surface area contributed by atoms with E-state index >= 15 is 0 Å². The van der Waals surface area contributed by atoms with Crippen LogP contribution in [0.1, 0.15) is 5.69 Å². The van der Waals surface area contributed by atoms with Gasteiger partial charge in [0.25, 0.3) is 0 Å². The summed E-state index contributed by atoms with van der Waals surface area (Å²) in [7, 11) is 0. The van der Waals surface area contributed by atoms with Crippen LogP contribution >= 0.6 is 15.9 Å². The molecule has 0 aliphatic carbocycles. The molecule has 0 N–H and O–H groups in total. The molecule has 2 aromatic rings. The van der Waals surface area contributed by atoms with E-state index in [9.17, 15) is 4.39 Å². The zero-order valence-corrected chi connectivity index (χ0v) is 8.62. The average molecular weight is 254 g/mol. The Hall–Kier alpha value is -1.41. The van der Waals surface area contributed by atoms with Crippen molar-refractivity contribution < 1.29 is 4.39 Å². The van der Waals surface area contributed by atoms with Crippen molar-refractivity contribution in [3.05, 3.63) is 34.4 Å². The van der Waals surface area contributed by atoms with Gasteiger partial charge in [-0.2, -0.15) is 5.26 Å². The summed E-state index contributed by atoms with van der Waals surface area (Å²) in [5, 5.41) is 8.48. The fraction of sp³-hybridized carbons (Fsp3) is 0.111. The van der Waals surface area contributed by atoms with Gasteiger partial charge in [0.1, 0.15) is 5.82 Å². The first-order valence-corrected chi connectivity index (χ1v) is 4.69. The highest BCUT2D eigenvalue weighted by molar-refractivity contribution is 9.10. The van der Waals surface area contributed by atoms with E-state index in [1.54, 1.807) is 10.6 Å². The summed E-state index contributed by atoms with van der Waals surface area (Å²) in [5.74, 6) is -0.342. The molecule has 0 fully saturated rings. The first kappa shape index (κ1) is 9.16. The number of nitriles is 1. The SMILES string of the molecule is N#CCc1cn2cc(F)cc(Br)c2n1. The van der Waals surface area contributed by atoms with Crippen LogP contribution in [0.2, 0.25) is 0 Å². The summed E-state index contributed by atoms with van der Waals surface area (Å²) in [6.45, 7) is 0. The lowest BCUT2D eigenvalue weighted by Gasteiger charge is -1.95. The van der Waals surface area contributed by atoms with Crippen molar-refractivity contribution in [2.75, 3.05) is 0 Å². The smallest absolute Gasteiger partial charge is 0.151 e. The molecule has 0 spiro atoms. The molecule has 2 rings (SSSR count). The first-order valence-electron chi connectivity index (χ1n) is 3.90. The third-order valence-electron chi connectivity index (χ3n) is 1.78. The van der Waals surface area contributed by atoms with Gasteiger partial charge in [-0.25, -0.2) is 9.37 Å². The molecule has 0 radical (unpaired) electrons. The average Bonchev–Trinajstić information content (AvgIpc) is 2.48. The van der Waals surface area contributed by atoms with Crippen molar-refractivity contribution in [1.29, 1.82) is 5.26 Å². The Balaban J connectivity index is 2.66. The Labute approximate surface area is 87.9 Å². The first-order chi connectivity index (χ1) is 6.70. The van der Waals surface area contributed by atoms with E-state index in [1.165, 1.54) is 12.3 Å². The number of imidazole rings is 1. The minimum absolute atomic E-state index is 0.232. The molecule has 70 valence electrons. The number of aromatic nitrogens is 2. The molecule has 0 aromatic carbocycles. The maximum absolute atomic E-state index is 12.9. The molecular weight excluding hydrogens is 249 g/mol. The second-order valence-electron chi connectivity index (χ2n) is 2.80. The number of fused-ring (bicyclic) bond motifs is 1. The molecule has 0 bridgehead atoms. The van der Waals surface area contributed by atoms with Gasteiger partial charge in [-0.05, 0) is 22.0 Å². The number of rotatable bonds is 1. The molecule has 0 saturated heterocycles. The van der Waals surface area contributed by atoms with E-state index < -0.39 is 0 Å². The predicted octanol–water partition coefficient (Wildman–Crippen LogP) is 2.30. The number of pyridine rings is 1. The van der Waals surface area contributed by atoms with Crippen molar-refractivity contribution in [2.45, 2.75) is 6.42 Å². The highest BCUT2D eigenvalue weighted by Gasteiger charge is 2.06. The normalized spacial score (nSPS) is 10.4. The Morgan fingerprint density at radius 2 is 2.36 bits per heavy atom. The van der Waals surface area contributed by atoms with Gasteiger partial charge >= 0.3 is 0 Å². The van der Waals surface area contributed by atoms with Crippen LogP contribution in [0, 0.1) is 17.1 Å². The van der Waals surface area contributed by atoms with Gasteiger partial charge in [0, 0.05) is 12.4 Å². The molecular formula is C9H5BrFN3. The highest BCUT2D eigenvalue weighted by Crippen LogP contribution is 2.18. The van der Waals surface area contributed by atoms with E-state index in [0.717, 1.165) is 0 Å². The lowest BCUT2D eigenvalue weighted by atomic mass is 10.4. The topological polar surface area (TPSA) is 41.1 Å². The number of halogens is 2. The number of hydrogen-bond acceptors (Lipinski definition) is 2. The second kappa shape index (κ2) is 3.39. The quantitative estimate of drug-likeness (QED) is 0.783. The second-order valence-corrected chi connectivity index (χ2v) is 3.66. The fourth-order valence-corrected chi connectivity index (χ4v) is 1.75. The van der Waals surface area contributed by atoms with Crippen molar-refractivity contribution in [3.63, 3.8) is 0 Å². The van der Waals surface area contributed by atoms with Gasteiger partial charge in [-0.3, -0.25) is 0 Å². The Bertz CT molecular complexity index is 527. The van der Waals surface area contributed by atoms with Crippen LogP contribution in [0.15, 0.2) is 22.9 Å². The molecule has 0 aliphatic heterocycles. The Morgan fingerprint density at radius 1 is 1.57 bits per heavy atom. The van der Waals surface area contributed by atoms with Gasteiger partial charge < -0.3 is 4.40 Å². The highest BCUT2D eigenvalue weighted by atomic mass is 79.9. The van der Waals surface area contributed by atoms with E-state index in [-0.39, 0.29) is 12.2 Å². The monoisotopic (exact) mass is 253 g/mol. The minimum Gasteiger partial charge on any atom is -0.303 e. The standard InChI is InChI=1S/C9H5BrFN3/c10-8-3-6(11)4-14-5-7(1-2-12)13-9(8)14/h3-5H,1H2. The van der Waals surface area contributed by atoms with Crippen LogP contribution in [-0.2, 0) is 6.42 Å². The lowest BCUT2D eigenvalue weighted by molar-refractivity contribution is 0.618. The minimum atomic E-state index is -0.342. The number of hydrogen-bond donors (Lipinski definition) is 0. The van der Waals surface area contributed by atoms with Crippen molar-refractivity contribution in [2.24, 2.45) is 0 Å². The van der Waals surface area contributed by atoms with Crippen molar-refractivity contribution in [3.8, 4) is 6.07 Å². The summed E-state index contributed by atoms with van der Waals surface area (Å²) >= 11 is 3.21. The lowest BCUT2D eigenvalue weighted by Crippen LogP contribution is -1.86. The van der Waals surface area contributed by atoms with Crippen LogP contribution in [0.25, 0.3) is 5.65 Å². The molecule has 2 heterocycles. The molecule has 0 amide bonds. The Morgan fingerprint density at radius 3 is 3.07 bits per heavy atom. The van der Waals surface area contributed by atoms with Crippen molar-refractivity contribution in [1.82, 2.24) is 9.38 Å². The fourth-order valence-electron chi connectivity index (χ4n) is 1.24. The van der Waals surface area contributed by atoms with Crippen molar-refractivity contribution >= 4 is 21.6 Å². The molecule has 0 aliphatic rings. The third kappa shape index (κ3) is 1.49. The van der Waals surface area contributed by atoms with Crippen LogP contribution in [-0.4, -0.2) is 9.38 Å². The van der Waals surface area contributed by atoms with Crippen LogP contribution < -0.4 is 0 Å². The summed E-state index contributed by atoms with van der Waals surface area (Å²) in [5.41, 5.74) is 1.26. The predicted molar refractivity (Wildman–Crippen MR) is 52.2 cm³/mol. The van der Waals surface area contributed by atoms with E-state index in [2.05, 4.69) is 20.9 Å². The third-order valence-corrected chi connectivity index (χ3v) is 2.37. The molecule has 2 aromatic heterocycles. The molecule has 3 nitrogen and oxygen atoms in total. The largest absolute Gasteiger partial charge is 0.303 e. The van der Waals surface area contributed by atoms with E-state index in [1.807, 2.05) is 6.07 Å². The number of nitrogens with zero attached hydrogens (tertiary/aromatic N) is 3. The summed E-state index contributed by atoms with van der Waals surface area (Å²) in [6.07, 6.45) is 3.20. The van der Waals surface area contributed by atoms with Crippen LogP contribution in [0.3, 0.4) is 0 Å².